The fourth-order valence-corrected chi connectivity index (χ4v) is 2.30. The van der Waals surface area contributed by atoms with Gasteiger partial charge in [0, 0.05) is 17.5 Å². The molecule has 1 nitrogen and oxygen atoms in total. The first-order chi connectivity index (χ1) is 6.63. The standard InChI is InChI=1S/C11H18ClNS/c1-4-8(2)9(3)13-7-10-5-6-11(12)14-10/h5-6,8-9,13H,4,7H2,1-3H3. The Hall–Kier alpha value is -0.0500. The van der Waals surface area contributed by atoms with Crippen LogP contribution in [0.3, 0.4) is 0 Å². The molecule has 3 heteroatoms. The quantitative estimate of drug-likeness (QED) is 0.810. The van der Waals surface area contributed by atoms with Crippen molar-refractivity contribution < 1.29 is 0 Å². The van der Waals surface area contributed by atoms with Gasteiger partial charge in [0.2, 0.25) is 0 Å². The number of halogens is 1. The Morgan fingerprint density at radius 3 is 2.64 bits per heavy atom. The van der Waals surface area contributed by atoms with Crippen LogP contribution in [0.15, 0.2) is 12.1 Å². The number of nitrogens with one attached hydrogen (secondary N) is 1. The van der Waals surface area contributed by atoms with E-state index in [4.69, 9.17) is 11.6 Å². The summed E-state index contributed by atoms with van der Waals surface area (Å²) in [4.78, 5) is 1.31. The highest BCUT2D eigenvalue weighted by molar-refractivity contribution is 7.16. The van der Waals surface area contributed by atoms with Crippen LogP contribution < -0.4 is 5.32 Å². The van der Waals surface area contributed by atoms with Gasteiger partial charge in [0.05, 0.1) is 4.34 Å². The first-order valence-corrected chi connectivity index (χ1v) is 6.30. The van der Waals surface area contributed by atoms with E-state index >= 15 is 0 Å². The summed E-state index contributed by atoms with van der Waals surface area (Å²) in [7, 11) is 0. The van der Waals surface area contributed by atoms with Gasteiger partial charge in [-0.15, -0.1) is 11.3 Å². The Bertz CT molecular complexity index is 272. The highest BCUT2D eigenvalue weighted by Crippen LogP contribution is 2.21. The van der Waals surface area contributed by atoms with Crippen molar-refractivity contribution in [3.8, 4) is 0 Å². The van der Waals surface area contributed by atoms with Crippen LogP contribution in [0.25, 0.3) is 0 Å². The zero-order valence-electron chi connectivity index (χ0n) is 9.01. The zero-order valence-corrected chi connectivity index (χ0v) is 10.6. The summed E-state index contributed by atoms with van der Waals surface area (Å²) in [5.74, 6) is 0.727. The van der Waals surface area contributed by atoms with Crippen LogP contribution in [0.1, 0.15) is 32.1 Å². The van der Waals surface area contributed by atoms with Crippen molar-refractivity contribution in [2.45, 2.75) is 39.8 Å². The molecular formula is C11H18ClNS. The SMILES string of the molecule is CCC(C)C(C)NCc1ccc(Cl)s1. The second kappa shape index (κ2) is 5.74. The van der Waals surface area contributed by atoms with Crippen molar-refractivity contribution in [1.29, 1.82) is 0 Å². The van der Waals surface area contributed by atoms with Gasteiger partial charge in [0.1, 0.15) is 0 Å². The molecule has 1 aromatic rings. The molecule has 2 unspecified atom stereocenters. The predicted octanol–water partition coefficient (Wildman–Crippen LogP) is 3.93. The van der Waals surface area contributed by atoms with E-state index in [-0.39, 0.29) is 0 Å². The molecule has 80 valence electrons. The molecule has 0 aliphatic carbocycles. The highest BCUT2D eigenvalue weighted by Gasteiger charge is 2.09. The lowest BCUT2D eigenvalue weighted by Crippen LogP contribution is -2.30. The minimum absolute atomic E-state index is 0.570. The number of rotatable bonds is 5. The summed E-state index contributed by atoms with van der Waals surface area (Å²) in [6.07, 6.45) is 1.22. The maximum atomic E-state index is 5.86. The third-order valence-corrected chi connectivity index (χ3v) is 3.96. The van der Waals surface area contributed by atoms with Crippen LogP contribution in [0.2, 0.25) is 4.34 Å². The Kier molecular flexibility index (Phi) is 4.93. The van der Waals surface area contributed by atoms with Gasteiger partial charge >= 0.3 is 0 Å². The fourth-order valence-electron chi connectivity index (χ4n) is 1.26. The molecule has 0 aromatic carbocycles. The van der Waals surface area contributed by atoms with E-state index in [1.807, 2.05) is 6.07 Å². The fraction of sp³-hybridized carbons (Fsp3) is 0.636. The Labute approximate surface area is 95.5 Å². The Balaban J connectivity index is 2.33. The molecule has 1 rings (SSSR count). The van der Waals surface area contributed by atoms with Crippen LogP contribution >= 0.6 is 22.9 Å². The van der Waals surface area contributed by atoms with Gasteiger partial charge in [-0.3, -0.25) is 0 Å². The number of hydrogen-bond acceptors (Lipinski definition) is 2. The molecule has 14 heavy (non-hydrogen) atoms. The van der Waals surface area contributed by atoms with Gasteiger partial charge in [-0.2, -0.15) is 0 Å². The molecule has 0 fully saturated rings. The summed E-state index contributed by atoms with van der Waals surface area (Å²) in [5, 5.41) is 3.51. The lowest BCUT2D eigenvalue weighted by Gasteiger charge is -2.19. The van der Waals surface area contributed by atoms with Crippen LogP contribution in [0, 0.1) is 5.92 Å². The largest absolute Gasteiger partial charge is 0.309 e. The lowest BCUT2D eigenvalue weighted by molar-refractivity contribution is 0.391. The normalized spacial score (nSPS) is 15.4. The minimum atomic E-state index is 0.570. The molecule has 0 radical (unpaired) electrons. The van der Waals surface area contributed by atoms with Gasteiger partial charge in [-0.25, -0.2) is 0 Å². The van der Waals surface area contributed by atoms with E-state index in [1.54, 1.807) is 11.3 Å². The summed E-state index contributed by atoms with van der Waals surface area (Å²) < 4.78 is 0.873. The van der Waals surface area contributed by atoms with Crippen molar-refractivity contribution >= 4 is 22.9 Å². The molecule has 0 bridgehead atoms. The maximum Gasteiger partial charge on any atom is 0.0931 e. The second-order valence-corrected chi connectivity index (χ2v) is 5.56. The highest BCUT2D eigenvalue weighted by atomic mass is 35.5. The van der Waals surface area contributed by atoms with E-state index in [0.29, 0.717) is 6.04 Å². The monoisotopic (exact) mass is 231 g/mol. The van der Waals surface area contributed by atoms with E-state index in [1.165, 1.54) is 11.3 Å². The lowest BCUT2D eigenvalue weighted by atomic mass is 10.0. The molecule has 0 spiro atoms. The molecule has 0 saturated carbocycles. The molecule has 0 amide bonds. The van der Waals surface area contributed by atoms with Gasteiger partial charge in [0.25, 0.3) is 0 Å². The average molecular weight is 232 g/mol. The molecule has 1 aromatic heterocycles. The van der Waals surface area contributed by atoms with Gasteiger partial charge in [-0.05, 0) is 25.0 Å². The summed E-state index contributed by atoms with van der Waals surface area (Å²) in [6, 6.07) is 4.61. The third-order valence-electron chi connectivity index (χ3n) is 2.72. The van der Waals surface area contributed by atoms with Crippen LogP contribution in [-0.2, 0) is 6.54 Å². The second-order valence-electron chi connectivity index (χ2n) is 3.76. The average Bonchev–Trinajstić information content (AvgIpc) is 2.59. The Morgan fingerprint density at radius 2 is 2.14 bits per heavy atom. The molecule has 1 N–H and O–H groups in total. The van der Waals surface area contributed by atoms with Crippen LogP contribution in [0.5, 0.6) is 0 Å². The van der Waals surface area contributed by atoms with Crippen molar-refractivity contribution in [3.05, 3.63) is 21.3 Å². The van der Waals surface area contributed by atoms with E-state index in [9.17, 15) is 0 Å². The zero-order chi connectivity index (χ0) is 10.6. The van der Waals surface area contributed by atoms with E-state index in [0.717, 1.165) is 16.8 Å². The molecular weight excluding hydrogens is 214 g/mol. The number of hydrogen-bond donors (Lipinski definition) is 1. The molecule has 2 atom stereocenters. The third kappa shape index (κ3) is 3.60. The summed E-state index contributed by atoms with van der Waals surface area (Å²) in [6.45, 7) is 7.68. The van der Waals surface area contributed by atoms with Crippen molar-refractivity contribution in [1.82, 2.24) is 5.32 Å². The first kappa shape index (κ1) is 12.0. The van der Waals surface area contributed by atoms with Gasteiger partial charge < -0.3 is 5.32 Å². The van der Waals surface area contributed by atoms with Crippen molar-refractivity contribution in [2.24, 2.45) is 5.92 Å². The maximum absolute atomic E-state index is 5.86. The van der Waals surface area contributed by atoms with E-state index < -0.39 is 0 Å². The smallest absolute Gasteiger partial charge is 0.0931 e. The van der Waals surface area contributed by atoms with Gasteiger partial charge in [-0.1, -0.05) is 31.9 Å². The summed E-state index contributed by atoms with van der Waals surface area (Å²) >= 11 is 7.51. The van der Waals surface area contributed by atoms with Crippen LogP contribution in [0.4, 0.5) is 0 Å². The van der Waals surface area contributed by atoms with Crippen LogP contribution in [-0.4, -0.2) is 6.04 Å². The van der Waals surface area contributed by atoms with E-state index in [2.05, 4.69) is 32.2 Å². The van der Waals surface area contributed by atoms with Crippen molar-refractivity contribution in [2.75, 3.05) is 0 Å². The predicted molar refractivity (Wildman–Crippen MR) is 65.1 cm³/mol. The number of thiophene rings is 1. The molecule has 0 aliphatic heterocycles. The minimum Gasteiger partial charge on any atom is -0.309 e. The first-order valence-electron chi connectivity index (χ1n) is 5.11. The van der Waals surface area contributed by atoms with Gasteiger partial charge in [0.15, 0.2) is 0 Å². The molecule has 0 aliphatic rings. The molecule has 1 heterocycles. The Morgan fingerprint density at radius 1 is 1.43 bits per heavy atom. The van der Waals surface area contributed by atoms with Crippen molar-refractivity contribution in [3.63, 3.8) is 0 Å². The molecule has 0 saturated heterocycles. The summed E-state index contributed by atoms with van der Waals surface area (Å²) in [5.41, 5.74) is 0. The topological polar surface area (TPSA) is 12.0 Å².